The molecule has 1 aromatic carbocycles. The summed E-state index contributed by atoms with van der Waals surface area (Å²) in [5.74, 6) is -0.194. The molecule has 2 aromatic rings. The Morgan fingerprint density at radius 1 is 0.935 bits per heavy atom. The maximum absolute atomic E-state index is 13.0. The number of carboxylic acids is 1. The van der Waals surface area contributed by atoms with Gasteiger partial charge in [0.1, 0.15) is 8.55 Å². The van der Waals surface area contributed by atoms with Crippen LogP contribution in [0.2, 0.25) is 9.36 Å². The Balaban J connectivity index is 1.01. The van der Waals surface area contributed by atoms with Crippen molar-refractivity contribution in [3.05, 3.63) is 38.1 Å². The molecular weight excluding hydrogens is 757 g/mol. The van der Waals surface area contributed by atoms with Crippen LogP contribution >= 0.6 is 50.5 Å². The minimum atomic E-state index is -3.81. The fourth-order valence-corrected chi connectivity index (χ4v) is 12.7. The molecule has 3 aliphatic rings. The Hall–Kier alpha value is -0.930. The van der Waals surface area contributed by atoms with Gasteiger partial charge in [-0.2, -0.15) is 4.31 Å². The summed E-state index contributed by atoms with van der Waals surface area (Å²) < 4.78 is 57.7. The van der Waals surface area contributed by atoms with Gasteiger partial charge in [-0.3, -0.25) is 4.79 Å². The van der Waals surface area contributed by atoms with E-state index in [0.717, 1.165) is 68.6 Å². The van der Waals surface area contributed by atoms with Gasteiger partial charge < -0.3 is 10.0 Å². The van der Waals surface area contributed by atoms with E-state index in [2.05, 4.69) is 25.6 Å². The first kappa shape index (κ1) is 36.4. The molecule has 1 saturated carbocycles. The van der Waals surface area contributed by atoms with Gasteiger partial charge in [0.2, 0.25) is 10.0 Å². The molecule has 2 saturated heterocycles. The molecule has 0 radical (unpaired) electrons. The molecule has 9 nitrogen and oxygen atoms in total. The molecule has 1 aromatic heterocycles. The number of sulfonamides is 2. The number of carbonyl (C=O) groups is 1. The monoisotopic (exact) mass is 797 g/mol. The Labute approximate surface area is 295 Å². The number of carboxylic acid groups (broad SMARTS) is 1. The fraction of sp³-hybridized carbons (Fsp3) is 0.645. The van der Waals surface area contributed by atoms with Gasteiger partial charge in [0.05, 0.1) is 21.5 Å². The Bertz CT molecular complexity index is 1570. The lowest BCUT2D eigenvalue weighted by Gasteiger charge is -2.34. The van der Waals surface area contributed by atoms with E-state index >= 15 is 0 Å². The number of halogens is 3. The van der Waals surface area contributed by atoms with Gasteiger partial charge in [0, 0.05) is 36.7 Å². The van der Waals surface area contributed by atoms with E-state index in [4.69, 9.17) is 23.2 Å². The quantitative estimate of drug-likeness (QED) is 0.212. The number of hydrogen-bond acceptors (Lipinski definition) is 7. The Morgan fingerprint density at radius 2 is 1.57 bits per heavy atom. The van der Waals surface area contributed by atoms with Crippen molar-refractivity contribution in [2.45, 2.75) is 92.2 Å². The van der Waals surface area contributed by atoms with Crippen LogP contribution in [-0.2, 0) is 24.8 Å². The summed E-state index contributed by atoms with van der Waals surface area (Å²) in [5.41, 5.74) is 0.839. The maximum atomic E-state index is 13.0. The lowest BCUT2D eigenvalue weighted by atomic mass is 9.86. The first-order valence-electron chi connectivity index (χ1n) is 16.1. The summed E-state index contributed by atoms with van der Waals surface area (Å²) in [4.78, 5) is 13.7. The van der Waals surface area contributed by atoms with Crippen LogP contribution in [0, 0.1) is 17.8 Å². The third-order valence-electron chi connectivity index (χ3n) is 9.79. The second-order valence-electron chi connectivity index (χ2n) is 12.9. The Morgan fingerprint density at radius 3 is 2.13 bits per heavy atom. The lowest BCUT2D eigenvalue weighted by molar-refractivity contribution is -0.143. The molecule has 1 aliphatic carbocycles. The number of benzene rings is 1. The molecule has 2 N–H and O–H groups in total. The third-order valence-corrected chi connectivity index (χ3v) is 16.4. The van der Waals surface area contributed by atoms with E-state index in [9.17, 15) is 26.7 Å². The lowest BCUT2D eigenvalue weighted by Crippen LogP contribution is -2.40. The molecule has 256 valence electrons. The highest BCUT2D eigenvalue weighted by Gasteiger charge is 2.32. The zero-order valence-corrected chi connectivity index (χ0v) is 31.2. The highest BCUT2D eigenvalue weighted by atomic mass is 79.9. The molecule has 0 bridgehead atoms. The smallest absolute Gasteiger partial charge is 0.306 e. The van der Waals surface area contributed by atoms with E-state index in [-0.39, 0.29) is 4.90 Å². The van der Waals surface area contributed by atoms with Crippen LogP contribution in [0.4, 0.5) is 5.69 Å². The summed E-state index contributed by atoms with van der Waals surface area (Å²) >= 11 is 17.1. The first-order chi connectivity index (χ1) is 21.8. The number of rotatable bonds is 12. The van der Waals surface area contributed by atoms with E-state index < -0.39 is 38.0 Å². The van der Waals surface area contributed by atoms with Crippen LogP contribution in [0.5, 0.6) is 0 Å². The summed E-state index contributed by atoms with van der Waals surface area (Å²) in [7, 11) is -7.30. The van der Waals surface area contributed by atoms with Crippen molar-refractivity contribution in [1.29, 1.82) is 0 Å². The predicted octanol–water partition coefficient (Wildman–Crippen LogP) is 7.62. The van der Waals surface area contributed by atoms with E-state index in [1.807, 2.05) is 0 Å². The average Bonchev–Trinajstić information content (AvgIpc) is 3.38. The average molecular weight is 800 g/mol. The van der Waals surface area contributed by atoms with Crippen molar-refractivity contribution >= 4 is 82.2 Å². The second kappa shape index (κ2) is 15.7. The van der Waals surface area contributed by atoms with Crippen LogP contribution in [0.3, 0.4) is 0 Å². The van der Waals surface area contributed by atoms with Crippen LogP contribution in [0.1, 0.15) is 77.0 Å². The molecule has 2 aliphatic heterocycles. The molecule has 2 unspecified atom stereocenters. The molecule has 0 spiro atoms. The highest BCUT2D eigenvalue weighted by molar-refractivity contribution is 9.10. The molecule has 0 amide bonds. The molecule has 2 atom stereocenters. The largest absolute Gasteiger partial charge is 0.481 e. The van der Waals surface area contributed by atoms with Crippen LogP contribution in [0.15, 0.2) is 37.8 Å². The standard InChI is InChI=1S/C31H42BrCl2N3O6S3/c32-26-20-29(44-30(26)34)46(42,43)37-16-12-22(13-17-37)5-2-1-4-21-10-14-36(15-11-21)28-9-8-25(19-27(28)33)45(40,41)35-24-7-3-6-23(18-24)31(38)39/h8-9,19-24,35H,1-7,10-18H2,(H,38,39). The van der Waals surface area contributed by atoms with Crippen LogP contribution < -0.4 is 9.62 Å². The van der Waals surface area contributed by atoms with E-state index in [1.165, 1.54) is 18.9 Å². The van der Waals surface area contributed by atoms with Crippen molar-refractivity contribution in [3.63, 3.8) is 0 Å². The number of thiophene rings is 1. The topological polar surface area (TPSA) is 124 Å². The van der Waals surface area contributed by atoms with Crippen molar-refractivity contribution in [2.24, 2.45) is 17.8 Å². The molecular formula is C31H42BrCl2N3O6S3. The summed E-state index contributed by atoms with van der Waals surface area (Å²) in [5, 5.41) is 9.73. The maximum Gasteiger partial charge on any atom is 0.306 e. The van der Waals surface area contributed by atoms with Gasteiger partial charge in [-0.05, 0) is 97.0 Å². The summed E-state index contributed by atoms with van der Waals surface area (Å²) in [6, 6.07) is 6.07. The fourth-order valence-electron chi connectivity index (χ4n) is 7.07. The summed E-state index contributed by atoms with van der Waals surface area (Å²) in [6.07, 6.45) is 10.7. The van der Waals surface area contributed by atoms with Crippen molar-refractivity contribution in [3.8, 4) is 0 Å². The predicted molar refractivity (Wildman–Crippen MR) is 187 cm³/mol. The second-order valence-corrected chi connectivity index (χ2v) is 19.7. The number of nitrogens with zero attached hydrogens (tertiary/aromatic N) is 2. The van der Waals surface area contributed by atoms with Crippen molar-refractivity contribution in [1.82, 2.24) is 9.03 Å². The Kier molecular flexibility index (Phi) is 12.4. The van der Waals surface area contributed by atoms with Gasteiger partial charge >= 0.3 is 5.97 Å². The minimum absolute atomic E-state index is 0.0987. The zero-order valence-electron chi connectivity index (χ0n) is 25.7. The van der Waals surface area contributed by atoms with Gasteiger partial charge in [0.15, 0.2) is 0 Å². The van der Waals surface area contributed by atoms with Crippen LogP contribution in [-0.4, -0.2) is 64.4 Å². The molecule has 46 heavy (non-hydrogen) atoms. The third kappa shape index (κ3) is 8.99. The highest BCUT2D eigenvalue weighted by Crippen LogP contribution is 2.38. The van der Waals surface area contributed by atoms with Gasteiger partial charge in [-0.15, -0.1) is 11.3 Å². The number of hydrogen-bond donors (Lipinski definition) is 2. The zero-order chi connectivity index (χ0) is 33.1. The van der Waals surface area contributed by atoms with E-state index in [0.29, 0.717) is 68.6 Å². The van der Waals surface area contributed by atoms with Crippen LogP contribution in [0.25, 0.3) is 0 Å². The number of unbranched alkanes of at least 4 members (excludes halogenated alkanes) is 1. The number of anilines is 1. The van der Waals surface area contributed by atoms with Gasteiger partial charge in [-0.1, -0.05) is 55.3 Å². The number of aliphatic carboxylic acids is 1. The molecule has 5 rings (SSSR count). The molecule has 3 fully saturated rings. The number of nitrogens with one attached hydrogen (secondary N) is 1. The normalized spacial score (nSPS) is 22.7. The van der Waals surface area contributed by atoms with Crippen molar-refractivity contribution in [2.75, 3.05) is 31.1 Å². The number of piperidine rings is 2. The first-order valence-corrected chi connectivity index (χ1v) is 21.4. The SMILES string of the molecule is O=C(O)C1CCCC(NS(=O)(=O)c2ccc(N3CCC(CCCCC4CCN(S(=O)(=O)c5cc(Br)c(Cl)s5)CC4)CC3)c(Cl)c2)C1. The van der Waals surface area contributed by atoms with Gasteiger partial charge in [0.25, 0.3) is 10.0 Å². The van der Waals surface area contributed by atoms with Gasteiger partial charge in [-0.25, -0.2) is 21.6 Å². The summed E-state index contributed by atoms with van der Waals surface area (Å²) in [6.45, 7) is 2.84. The molecule has 15 heteroatoms. The minimum Gasteiger partial charge on any atom is -0.481 e. The van der Waals surface area contributed by atoms with E-state index in [1.54, 1.807) is 22.5 Å². The van der Waals surface area contributed by atoms with Crippen molar-refractivity contribution < 1.29 is 26.7 Å². The molecule has 3 heterocycles.